The van der Waals surface area contributed by atoms with Gasteiger partial charge in [-0.2, -0.15) is 0 Å². The van der Waals surface area contributed by atoms with Crippen molar-refractivity contribution in [1.82, 2.24) is 15.1 Å². The lowest BCUT2D eigenvalue weighted by Gasteiger charge is -2.34. The highest BCUT2D eigenvalue weighted by atomic mass is 35.5. The Balaban J connectivity index is 1.50. The zero-order valence-electron chi connectivity index (χ0n) is 14.7. The quantitative estimate of drug-likeness (QED) is 0.899. The van der Waals surface area contributed by atoms with Gasteiger partial charge < -0.3 is 15.1 Å². The molecule has 1 saturated heterocycles. The molecule has 26 heavy (non-hydrogen) atoms. The smallest absolute Gasteiger partial charge is 0.317 e. The summed E-state index contributed by atoms with van der Waals surface area (Å²) in [6.45, 7) is 4.49. The lowest BCUT2D eigenvalue weighted by Crippen LogP contribution is -2.53. The van der Waals surface area contributed by atoms with E-state index in [2.05, 4.69) is 5.32 Å². The van der Waals surface area contributed by atoms with E-state index in [1.54, 1.807) is 15.9 Å². The molecule has 0 saturated carbocycles. The lowest BCUT2D eigenvalue weighted by molar-refractivity contribution is 0.0665. The van der Waals surface area contributed by atoms with Gasteiger partial charge >= 0.3 is 6.03 Å². The van der Waals surface area contributed by atoms with E-state index in [1.807, 2.05) is 49.4 Å². The van der Waals surface area contributed by atoms with E-state index >= 15 is 0 Å². The number of aryl methyl sites for hydroxylation is 1. The van der Waals surface area contributed by atoms with Crippen LogP contribution in [0, 0.1) is 6.92 Å². The molecule has 3 amide bonds. The van der Waals surface area contributed by atoms with Gasteiger partial charge in [0.15, 0.2) is 0 Å². The third-order valence-corrected chi connectivity index (χ3v) is 4.91. The summed E-state index contributed by atoms with van der Waals surface area (Å²) in [6, 6.07) is 14.9. The van der Waals surface area contributed by atoms with Gasteiger partial charge in [0.1, 0.15) is 0 Å². The predicted octanol–water partition coefficient (Wildman–Crippen LogP) is 3.32. The maximum absolute atomic E-state index is 12.5. The number of rotatable bonds is 3. The molecule has 1 heterocycles. The van der Waals surface area contributed by atoms with Gasteiger partial charge in [-0.15, -0.1) is 0 Å². The van der Waals surface area contributed by atoms with Crippen molar-refractivity contribution in [3.05, 3.63) is 70.2 Å². The van der Waals surface area contributed by atoms with Crippen molar-refractivity contribution in [3.63, 3.8) is 0 Å². The van der Waals surface area contributed by atoms with Gasteiger partial charge in [0, 0.05) is 43.3 Å². The first kappa shape index (κ1) is 18.3. The van der Waals surface area contributed by atoms with E-state index in [0.29, 0.717) is 43.3 Å². The lowest BCUT2D eigenvalue weighted by atomic mass is 10.1. The van der Waals surface area contributed by atoms with Crippen LogP contribution >= 0.6 is 11.6 Å². The number of hydrogen-bond acceptors (Lipinski definition) is 2. The van der Waals surface area contributed by atoms with Crippen LogP contribution in [0.5, 0.6) is 0 Å². The maximum Gasteiger partial charge on any atom is 0.317 e. The second kappa shape index (κ2) is 8.23. The van der Waals surface area contributed by atoms with Gasteiger partial charge in [-0.3, -0.25) is 4.79 Å². The third-order valence-electron chi connectivity index (χ3n) is 4.54. The summed E-state index contributed by atoms with van der Waals surface area (Å²) in [6.07, 6.45) is 0. The van der Waals surface area contributed by atoms with Crippen LogP contribution in [0.3, 0.4) is 0 Å². The highest BCUT2D eigenvalue weighted by Gasteiger charge is 2.24. The van der Waals surface area contributed by atoms with E-state index in [0.717, 1.165) is 11.1 Å². The molecule has 0 aliphatic carbocycles. The summed E-state index contributed by atoms with van der Waals surface area (Å²) in [5.74, 6) is 0.0149. The predicted molar refractivity (Wildman–Crippen MR) is 102 cm³/mol. The van der Waals surface area contributed by atoms with Crippen molar-refractivity contribution in [1.29, 1.82) is 0 Å². The first-order valence-corrected chi connectivity index (χ1v) is 9.04. The Morgan fingerprint density at radius 3 is 2.23 bits per heavy atom. The Morgan fingerprint density at radius 1 is 0.962 bits per heavy atom. The Hall–Kier alpha value is -2.53. The van der Waals surface area contributed by atoms with Crippen LogP contribution in [0.4, 0.5) is 4.79 Å². The first-order valence-electron chi connectivity index (χ1n) is 8.67. The highest BCUT2D eigenvalue weighted by molar-refractivity contribution is 6.31. The second-order valence-corrected chi connectivity index (χ2v) is 6.80. The molecule has 5 nitrogen and oxygen atoms in total. The molecule has 0 radical (unpaired) electrons. The average molecular weight is 372 g/mol. The number of carbonyl (C=O) groups excluding carboxylic acids is 2. The van der Waals surface area contributed by atoms with Crippen LogP contribution < -0.4 is 5.32 Å². The number of hydrogen-bond donors (Lipinski definition) is 1. The van der Waals surface area contributed by atoms with Crippen LogP contribution in [0.15, 0.2) is 48.5 Å². The molecule has 6 heteroatoms. The fourth-order valence-corrected chi connectivity index (χ4v) is 3.12. The normalized spacial score (nSPS) is 14.2. The summed E-state index contributed by atoms with van der Waals surface area (Å²) in [5, 5.41) is 3.53. The van der Waals surface area contributed by atoms with Gasteiger partial charge in [0.2, 0.25) is 0 Å². The van der Waals surface area contributed by atoms with E-state index in [9.17, 15) is 9.59 Å². The largest absolute Gasteiger partial charge is 0.335 e. The van der Waals surface area contributed by atoms with Crippen LogP contribution in [0.25, 0.3) is 0 Å². The molecule has 0 bridgehead atoms. The number of urea groups is 1. The minimum atomic E-state index is -0.132. The molecule has 2 aromatic rings. The van der Waals surface area contributed by atoms with E-state index in [1.165, 1.54) is 0 Å². The Kier molecular flexibility index (Phi) is 5.78. The average Bonchev–Trinajstić information content (AvgIpc) is 2.67. The van der Waals surface area contributed by atoms with Crippen molar-refractivity contribution in [2.24, 2.45) is 0 Å². The summed E-state index contributed by atoms with van der Waals surface area (Å²) >= 11 is 6.11. The molecule has 0 atom stereocenters. The summed E-state index contributed by atoms with van der Waals surface area (Å²) in [7, 11) is 0. The molecular weight excluding hydrogens is 350 g/mol. The molecule has 1 fully saturated rings. The third kappa shape index (κ3) is 4.35. The number of piperazine rings is 1. The molecule has 1 aliphatic rings. The Labute approximate surface area is 158 Å². The molecule has 1 N–H and O–H groups in total. The molecule has 0 spiro atoms. The van der Waals surface area contributed by atoms with Gasteiger partial charge in [0.25, 0.3) is 5.91 Å². The molecule has 2 aromatic carbocycles. The summed E-state index contributed by atoms with van der Waals surface area (Å²) in [4.78, 5) is 28.4. The van der Waals surface area contributed by atoms with Gasteiger partial charge in [0.05, 0.1) is 0 Å². The minimum absolute atomic E-state index is 0.0149. The molecule has 136 valence electrons. The van der Waals surface area contributed by atoms with Crippen molar-refractivity contribution in [3.8, 4) is 0 Å². The number of nitrogens with zero attached hydrogens (tertiary/aromatic N) is 2. The number of halogens is 1. The van der Waals surface area contributed by atoms with Crippen molar-refractivity contribution < 1.29 is 9.59 Å². The molecule has 0 aromatic heterocycles. The number of nitrogens with one attached hydrogen (secondary N) is 1. The van der Waals surface area contributed by atoms with Crippen LogP contribution in [0.1, 0.15) is 21.5 Å². The Bertz CT molecular complexity index is 784. The zero-order valence-corrected chi connectivity index (χ0v) is 15.5. The van der Waals surface area contributed by atoms with Crippen molar-refractivity contribution >= 4 is 23.5 Å². The molecule has 1 aliphatic heterocycles. The summed E-state index contributed by atoms with van der Waals surface area (Å²) in [5.41, 5.74) is 2.70. The standard InChI is InChI=1S/C20H22ClN3O2/c1-15-6-8-16(9-7-15)19(25)23-10-12-24(13-11-23)20(26)22-14-17-4-2-3-5-18(17)21/h2-9H,10-14H2,1H3,(H,22,26). The Morgan fingerprint density at radius 2 is 1.58 bits per heavy atom. The fourth-order valence-electron chi connectivity index (χ4n) is 2.92. The van der Waals surface area contributed by atoms with E-state index < -0.39 is 0 Å². The van der Waals surface area contributed by atoms with E-state index in [4.69, 9.17) is 11.6 Å². The van der Waals surface area contributed by atoms with Crippen molar-refractivity contribution in [2.45, 2.75) is 13.5 Å². The number of benzene rings is 2. The zero-order chi connectivity index (χ0) is 18.5. The molecule has 3 rings (SSSR count). The van der Waals surface area contributed by atoms with Gasteiger partial charge in [-0.1, -0.05) is 47.5 Å². The van der Waals surface area contributed by atoms with Crippen LogP contribution in [-0.2, 0) is 6.54 Å². The van der Waals surface area contributed by atoms with Crippen LogP contribution in [-0.4, -0.2) is 47.9 Å². The summed E-state index contributed by atoms with van der Waals surface area (Å²) < 4.78 is 0. The first-order chi connectivity index (χ1) is 12.5. The maximum atomic E-state index is 12.5. The SMILES string of the molecule is Cc1ccc(C(=O)N2CCN(C(=O)NCc3ccccc3Cl)CC2)cc1. The number of amides is 3. The topological polar surface area (TPSA) is 52.7 Å². The van der Waals surface area contributed by atoms with Crippen molar-refractivity contribution in [2.75, 3.05) is 26.2 Å². The minimum Gasteiger partial charge on any atom is -0.335 e. The van der Waals surface area contributed by atoms with Gasteiger partial charge in [-0.05, 0) is 30.7 Å². The van der Waals surface area contributed by atoms with E-state index in [-0.39, 0.29) is 11.9 Å². The fraction of sp³-hybridized carbons (Fsp3) is 0.300. The van der Waals surface area contributed by atoms with Gasteiger partial charge in [-0.25, -0.2) is 4.79 Å². The monoisotopic (exact) mass is 371 g/mol. The van der Waals surface area contributed by atoms with Crippen LogP contribution in [0.2, 0.25) is 5.02 Å². The molecule has 0 unspecified atom stereocenters. The second-order valence-electron chi connectivity index (χ2n) is 6.40. The molecular formula is C20H22ClN3O2. The highest BCUT2D eigenvalue weighted by Crippen LogP contribution is 2.15. The number of carbonyl (C=O) groups is 2.